The van der Waals surface area contributed by atoms with Gasteiger partial charge in [-0.3, -0.25) is 4.79 Å². The zero-order chi connectivity index (χ0) is 21.0. The fraction of sp³-hybridized carbons (Fsp3) is 0.292. The largest absolute Gasteiger partial charge is 0.372 e. The molecule has 0 spiro atoms. The van der Waals surface area contributed by atoms with Crippen LogP contribution in [0.15, 0.2) is 58.7 Å². The number of nitrogens with one attached hydrogen (secondary N) is 2. The number of benzene rings is 1. The maximum Gasteiger partial charge on any atom is 0.249 e. The first kappa shape index (κ1) is 19.8. The Balaban J connectivity index is 1.40. The van der Waals surface area contributed by atoms with Crippen LogP contribution in [-0.4, -0.2) is 28.0 Å². The topological polar surface area (TPSA) is 73.9 Å². The average molecular weight is 432 g/mol. The van der Waals surface area contributed by atoms with Crippen LogP contribution in [0.5, 0.6) is 0 Å². The summed E-state index contributed by atoms with van der Waals surface area (Å²) in [5, 5.41) is 6.30. The molecule has 3 aromatic heterocycles. The minimum Gasteiger partial charge on any atom is -0.372 e. The Labute approximate surface area is 185 Å². The number of nitrogens with zero attached hydrogens (tertiary/aromatic N) is 3. The van der Waals surface area contributed by atoms with Crippen LogP contribution in [0.25, 0.3) is 11.0 Å². The fourth-order valence-corrected chi connectivity index (χ4v) is 4.79. The number of hydrogen-bond donors (Lipinski definition) is 2. The number of piperidine rings is 1. The quantitative estimate of drug-likeness (QED) is 0.454. The van der Waals surface area contributed by atoms with E-state index in [-0.39, 0.29) is 5.56 Å². The summed E-state index contributed by atoms with van der Waals surface area (Å²) in [5.74, 6) is 0.501. The van der Waals surface area contributed by atoms with Crippen LogP contribution in [0.4, 0.5) is 17.3 Å². The van der Waals surface area contributed by atoms with E-state index in [1.165, 1.54) is 35.9 Å². The van der Waals surface area contributed by atoms with Crippen LogP contribution >= 0.6 is 11.3 Å². The van der Waals surface area contributed by atoms with Gasteiger partial charge in [0.25, 0.3) is 0 Å². The SMILES string of the molecule is O=c1ccc2c(CCc3cccs3)nc(Nc3ccc(N4CCCCC4)cc3)nc2[nH]1. The van der Waals surface area contributed by atoms with Gasteiger partial charge in [0.1, 0.15) is 5.65 Å². The van der Waals surface area contributed by atoms with Gasteiger partial charge in [-0.2, -0.15) is 4.98 Å². The van der Waals surface area contributed by atoms with E-state index in [2.05, 4.69) is 62.0 Å². The molecule has 2 N–H and O–H groups in total. The first-order valence-electron chi connectivity index (χ1n) is 10.8. The molecule has 0 saturated carbocycles. The molecule has 4 aromatic rings. The van der Waals surface area contributed by atoms with Crippen molar-refractivity contribution < 1.29 is 0 Å². The second-order valence-corrected chi connectivity index (χ2v) is 8.91. The summed E-state index contributed by atoms with van der Waals surface area (Å²) in [6, 6.07) is 16.0. The highest BCUT2D eigenvalue weighted by Gasteiger charge is 2.12. The maximum absolute atomic E-state index is 11.9. The van der Waals surface area contributed by atoms with Gasteiger partial charge in [0.05, 0.1) is 5.69 Å². The van der Waals surface area contributed by atoms with Gasteiger partial charge in [-0.05, 0) is 73.9 Å². The van der Waals surface area contributed by atoms with Gasteiger partial charge < -0.3 is 15.2 Å². The van der Waals surface area contributed by atoms with E-state index >= 15 is 0 Å². The van der Waals surface area contributed by atoms with Crippen molar-refractivity contribution in [3.63, 3.8) is 0 Å². The molecule has 0 radical (unpaired) electrons. The number of pyridine rings is 1. The minimum absolute atomic E-state index is 0.160. The lowest BCUT2D eigenvalue weighted by Crippen LogP contribution is -2.29. The van der Waals surface area contributed by atoms with Crippen LogP contribution in [0, 0.1) is 0 Å². The number of hydrogen-bond acceptors (Lipinski definition) is 6. The molecule has 1 fully saturated rings. The summed E-state index contributed by atoms with van der Waals surface area (Å²) in [4.78, 5) is 27.8. The summed E-state index contributed by atoms with van der Waals surface area (Å²) in [5.41, 5.74) is 3.53. The van der Waals surface area contributed by atoms with E-state index in [0.717, 1.165) is 42.7 Å². The van der Waals surface area contributed by atoms with Crippen LogP contribution in [0.2, 0.25) is 0 Å². The van der Waals surface area contributed by atoms with Crippen molar-refractivity contribution in [1.82, 2.24) is 15.0 Å². The first-order chi connectivity index (χ1) is 15.2. The van der Waals surface area contributed by atoms with Gasteiger partial charge in [-0.25, -0.2) is 4.98 Å². The highest BCUT2D eigenvalue weighted by atomic mass is 32.1. The monoisotopic (exact) mass is 431 g/mol. The molecule has 0 amide bonds. The average Bonchev–Trinajstić information content (AvgIpc) is 3.32. The molecule has 0 aliphatic carbocycles. The summed E-state index contributed by atoms with van der Waals surface area (Å²) in [6.07, 6.45) is 5.54. The fourth-order valence-electron chi connectivity index (χ4n) is 4.08. The number of aryl methyl sites for hydroxylation is 2. The number of H-pyrrole nitrogens is 1. The Morgan fingerprint density at radius 2 is 1.81 bits per heavy atom. The summed E-state index contributed by atoms with van der Waals surface area (Å²) in [6.45, 7) is 2.25. The Kier molecular flexibility index (Phi) is 5.67. The van der Waals surface area contributed by atoms with E-state index in [1.807, 2.05) is 6.07 Å². The molecule has 5 rings (SSSR count). The highest BCUT2D eigenvalue weighted by molar-refractivity contribution is 7.09. The van der Waals surface area contributed by atoms with E-state index in [1.54, 1.807) is 11.3 Å². The Bertz CT molecular complexity index is 1210. The van der Waals surface area contributed by atoms with Gasteiger partial charge in [0.15, 0.2) is 0 Å². The zero-order valence-corrected chi connectivity index (χ0v) is 18.1. The van der Waals surface area contributed by atoms with E-state index in [4.69, 9.17) is 4.98 Å². The van der Waals surface area contributed by atoms with E-state index in [9.17, 15) is 4.79 Å². The lowest BCUT2D eigenvalue weighted by molar-refractivity contribution is 0.578. The van der Waals surface area contributed by atoms with Gasteiger partial charge in [0, 0.05) is 40.8 Å². The first-order valence-corrected chi connectivity index (χ1v) is 11.7. The van der Waals surface area contributed by atoms with Crippen molar-refractivity contribution in [2.75, 3.05) is 23.3 Å². The van der Waals surface area contributed by atoms with Gasteiger partial charge in [-0.15, -0.1) is 11.3 Å². The standard InChI is InChI=1S/C24H25N5OS/c30-22-13-11-20-21(12-10-19-5-4-16-31-19)26-24(28-23(20)27-22)25-17-6-8-18(9-7-17)29-14-2-1-3-15-29/h4-9,11,13,16H,1-3,10,12,14-15H2,(H2,25,26,27,28,30). The van der Waals surface area contributed by atoms with Crippen molar-refractivity contribution >= 4 is 39.7 Å². The Morgan fingerprint density at radius 1 is 0.968 bits per heavy atom. The Morgan fingerprint density at radius 3 is 2.58 bits per heavy atom. The number of rotatable bonds is 6. The van der Waals surface area contributed by atoms with Crippen molar-refractivity contribution in [3.05, 3.63) is 74.8 Å². The van der Waals surface area contributed by atoms with Crippen molar-refractivity contribution in [1.29, 1.82) is 0 Å². The molecule has 0 bridgehead atoms. The van der Waals surface area contributed by atoms with Crippen LogP contribution < -0.4 is 15.8 Å². The molecule has 1 saturated heterocycles. The summed E-state index contributed by atoms with van der Waals surface area (Å²) < 4.78 is 0. The zero-order valence-electron chi connectivity index (χ0n) is 17.3. The molecule has 1 aliphatic rings. The predicted octanol–water partition coefficient (Wildman–Crippen LogP) is 4.90. The Hall–Kier alpha value is -3.19. The molecule has 6 nitrogen and oxygen atoms in total. The molecule has 1 aliphatic heterocycles. The smallest absolute Gasteiger partial charge is 0.249 e. The van der Waals surface area contributed by atoms with Crippen molar-refractivity contribution in [2.45, 2.75) is 32.1 Å². The second kappa shape index (κ2) is 8.89. The van der Waals surface area contributed by atoms with E-state index < -0.39 is 0 Å². The van der Waals surface area contributed by atoms with Gasteiger partial charge in [0.2, 0.25) is 11.5 Å². The molecule has 158 valence electrons. The minimum atomic E-state index is -0.160. The predicted molar refractivity (Wildman–Crippen MR) is 128 cm³/mol. The third-order valence-corrected chi connectivity index (χ3v) is 6.64. The highest BCUT2D eigenvalue weighted by Crippen LogP contribution is 2.24. The third kappa shape index (κ3) is 4.61. The number of thiophene rings is 1. The number of aromatic nitrogens is 3. The third-order valence-electron chi connectivity index (χ3n) is 5.70. The molecule has 0 unspecified atom stereocenters. The van der Waals surface area contributed by atoms with Crippen molar-refractivity contribution in [3.8, 4) is 0 Å². The van der Waals surface area contributed by atoms with Crippen LogP contribution in [0.1, 0.15) is 29.8 Å². The summed E-state index contributed by atoms with van der Waals surface area (Å²) in [7, 11) is 0. The number of anilines is 3. The second-order valence-electron chi connectivity index (χ2n) is 7.88. The van der Waals surface area contributed by atoms with Gasteiger partial charge in [-0.1, -0.05) is 6.07 Å². The molecule has 4 heterocycles. The maximum atomic E-state index is 11.9. The molecule has 7 heteroatoms. The van der Waals surface area contributed by atoms with Crippen LogP contribution in [0.3, 0.4) is 0 Å². The lowest BCUT2D eigenvalue weighted by atomic mass is 10.1. The molecular weight excluding hydrogens is 406 g/mol. The number of aromatic amines is 1. The summed E-state index contributed by atoms with van der Waals surface area (Å²) >= 11 is 1.75. The van der Waals surface area contributed by atoms with Gasteiger partial charge >= 0.3 is 0 Å². The normalized spacial score (nSPS) is 14.1. The lowest BCUT2D eigenvalue weighted by Gasteiger charge is -2.28. The molecule has 31 heavy (non-hydrogen) atoms. The molecule has 1 aromatic carbocycles. The molecule has 0 atom stereocenters. The molecular formula is C24H25N5OS. The van der Waals surface area contributed by atoms with E-state index in [0.29, 0.717) is 11.6 Å². The van der Waals surface area contributed by atoms with Crippen LogP contribution in [-0.2, 0) is 12.8 Å². The van der Waals surface area contributed by atoms with Crippen molar-refractivity contribution in [2.24, 2.45) is 0 Å². The number of fused-ring (bicyclic) bond motifs is 1.